The molecule has 0 saturated carbocycles. The zero-order chi connectivity index (χ0) is 13.0. The van der Waals surface area contributed by atoms with E-state index in [-0.39, 0.29) is 5.91 Å². The van der Waals surface area contributed by atoms with Crippen LogP contribution in [0.25, 0.3) is 0 Å². The molecule has 0 radical (unpaired) electrons. The summed E-state index contributed by atoms with van der Waals surface area (Å²) in [4.78, 5) is 11.4. The van der Waals surface area contributed by atoms with E-state index in [0.29, 0.717) is 12.5 Å². The number of carbonyl (C=O) groups excluding carboxylic acids is 1. The van der Waals surface area contributed by atoms with Gasteiger partial charge in [0.1, 0.15) is 0 Å². The summed E-state index contributed by atoms with van der Waals surface area (Å²) in [6.07, 6.45) is 0. The quantitative estimate of drug-likeness (QED) is 0.838. The molecule has 3 heteroatoms. The van der Waals surface area contributed by atoms with Crippen molar-refractivity contribution in [3.05, 3.63) is 34.9 Å². The lowest BCUT2D eigenvalue weighted by Crippen LogP contribution is -2.37. The molecule has 0 aromatic heterocycles. The molecule has 1 unspecified atom stereocenters. The van der Waals surface area contributed by atoms with Gasteiger partial charge < -0.3 is 11.1 Å². The van der Waals surface area contributed by atoms with E-state index in [0.717, 1.165) is 5.56 Å². The molecule has 0 aliphatic heterocycles. The number of rotatable bonds is 4. The molecule has 1 atom stereocenters. The molecule has 1 aromatic carbocycles. The van der Waals surface area contributed by atoms with Crippen molar-refractivity contribution in [2.45, 2.75) is 46.2 Å². The Hall–Kier alpha value is -1.35. The summed E-state index contributed by atoms with van der Waals surface area (Å²) in [5, 5.41) is 2.84. The number of nitrogens with one attached hydrogen (secondary N) is 1. The first-order valence-electron chi connectivity index (χ1n) is 6.04. The highest BCUT2D eigenvalue weighted by Gasteiger charge is 2.08. The summed E-state index contributed by atoms with van der Waals surface area (Å²) in [5.74, 6) is 0.387. The fraction of sp³-hybridized carbons (Fsp3) is 0.500. The molecule has 1 aromatic rings. The van der Waals surface area contributed by atoms with E-state index in [1.54, 1.807) is 6.92 Å². The Balaban J connectivity index is 2.76. The van der Waals surface area contributed by atoms with E-state index in [2.05, 4.69) is 44.3 Å². The summed E-state index contributed by atoms with van der Waals surface area (Å²) in [6.45, 7) is 8.61. The maximum atomic E-state index is 11.4. The molecule has 3 N–H and O–H groups in total. The van der Waals surface area contributed by atoms with Crippen molar-refractivity contribution in [1.29, 1.82) is 0 Å². The van der Waals surface area contributed by atoms with Crippen LogP contribution in [0.3, 0.4) is 0 Å². The van der Waals surface area contributed by atoms with Gasteiger partial charge in [0.15, 0.2) is 0 Å². The van der Waals surface area contributed by atoms with Crippen LogP contribution >= 0.6 is 0 Å². The third-order valence-corrected chi connectivity index (χ3v) is 2.91. The third kappa shape index (κ3) is 3.86. The van der Waals surface area contributed by atoms with Crippen LogP contribution in [0.2, 0.25) is 0 Å². The van der Waals surface area contributed by atoms with E-state index >= 15 is 0 Å². The second kappa shape index (κ2) is 5.82. The van der Waals surface area contributed by atoms with Crippen LogP contribution in [0, 0.1) is 6.92 Å². The van der Waals surface area contributed by atoms with Crippen molar-refractivity contribution < 1.29 is 4.79 Å². The fourth-order valence-electron chi connectivity index (χ4n) is 1.58. The predicted octanol–water partition coefficient (Wildman–Crippen LogP) is 2.08. The van der Waals surface area contributed by atoms with E-state index in [9.17, 15) is 4.79 Å². The fourth-order valence-corrected chi connectivity index (χ4v) is 1.58. The minimum absolute atomic E-state index is 0.112. The first kappa shape index (κ1) is 13.7. The van der Waals surface area contributed by atoms with Crippen molar-refractivity contribution in [1.82, 2.24) is 5.32 Å². The van der Waals surface area contributed by atoms with Gasteiger partial charge in [-0.2, -0.15) is 0 Å². The zero-order valence-corrected chi connectivity index (χ0v) is 11.1. The van der Waals surface area contributed by atoms with Gasteiger partial charge in [-0.05, 0) is 36.5 Å². The second-order valence-electron chi connectivity index (χ2n) is 4.85. The van der Waals surface area contributed by atoms with Crippen molar-refractivity contribution in [3.63, 3.8) is 0 Å². The lowest BCUT2D eigenvalue weighted by atomic mass is 9.98. The average Bonchev–Trinajstić information content (AvgIpc) is 2.26. The van der Waals surface area contributed by atoms with Gasteiger partial charge in [-0.1, -0.05) is 32.0 Å². The lowest BCUT2D eigenvalue weighted by Gasteiger charge is -2.13. The largest absolute Gasteiger partial charge is 0.351 e. The number of hydrogen-bond acceptors (Lipinski definition) is 2. The van der Waals surface area contributed by atoms with Gasteiger partial charge in [0.05, 0.1) is 6.04 Å². The molecule has 0 aliphatic carbocycles. The first-order valence-corrected chi connectivity index (χ1v) is 6.04. The molecule has 94 valence electrons. The summed E-state index contributed by atoms with van der Waals surface area (Å²) < 4.78 is 0. The highest BCUT2D eigenvalue weighted by atomic mass is 16.2. The van der Waals surface area contributed by atoms with E-state index in [1.165, 1.54) is 11.1 Å². The van der Waals surface area contributed by atoms with Crippen LogP contribution in [0.5, 0.6) is 0 Å². The van der Waals surface area contributed by atoms with Gasteiger partial charge in [-0.15, -0.1) is 0 Å². The van der Waals surface area contributed by atoms with Gasteiger partial charge in [0.25, 0.3) is 0 Å². The predicted molar refractivity (Wildman–Crippen MR) is 70.8 cm³/mol. The average molecular weight is 234 g/mol. The Morgan fingerprint density at radius 2 is 2.00 bits per heavy atom. The Morgan fingerprint density at radius 1 is 1.35 bits per heavy atom. The lowest BCUT2D eigenvalue weighted by molar-refractivity contribution is -0.122. The minimum Gasteiger partial charge on any atom is -0.351 e. The maximum Gasteiger partial charge on any atom is 0.236 e. The number of nitrogens with two attached hydrogens (primary N) is 1. The van der Waals surface area contributed by atoms with Gasteiger partial charge in [0, 0.05) is 6.54 Å². The topological polar surface area (TPSA) is 55.1 Å². The summed E-state index contributed by atoms with van der Waals surface area (Å²) in [6, 6.07) is 5.93. The van der Waals surface area contributed by atoms with Crippen LogP contribution < -0.4 is 11.1 Å². The van der Waals surface area contributed by atoms with Crippen molar-refractivity contribution >= 4 is 5.91 Å². The molecule has 0 saturated heterocycles. The number of hydrogen-bond donors (Lipinski definition) is 2. The van der Waals surface area contributed by atoms with Crippen LogP contribution in [0.4, 0.5) is 0 Å². The molecule has 0 fully saturated rings. The molecule has 1 rings (SSSR count). The zero-order valence-electron chi connectivity index (χ0n) is 11.1. The highest BCUT2D eigenvalue weighted by Crippen LogP contribution is 2.18. The van der Waals surface area contributed by atoms with Crippen molar-refractivity contribution in [2.75, 3.05) is 0 Å². The first-order chi connectivity index (χ1) is 7.91. The van der Waals surface area contributed by atoms with Gasteiger partial charge >= 0.3 is 0 Å². The standard InChI is InChI=1S/C14H22N2O/c1-9(2)12-6-5-10(3)13(7-12)8-16-14(17)11(4)15/h5-7,9,11H,8,15H2,1-4H3,(H,16,17). The molecule has 0 bridgehead atoms. The van der Waals surface area contributed by atoms with E-state index < -0.39 is 6.04 Å². The minimum atomic E-state index is -0.455. The molecular formula is C14H22N2O. The Bertz CT molecular complexity index is 397. The van der Waals surface area contributed by atoms with Gasteiger partial charge in [0.2, 0.25) is 5.91 Å². The molecule has 0 spiro atoms. The molecular weight excluding hydrogens is 212 g/mol. The van der Waals surface area contributed by atoms with Gasteiger partial charge in [-0.25, -0.2) is 0 Å². The van der Waals surface area contributed by atoms with Crippen LogP contribution in [0.15, 0.2) is 18.2 Å². The summed E-state index contributed by atoms with van der Waals surface area (Å²) >= 11 is 0. The number of benzene rings is 1. The second-order valence-corrected chi connectivity index (χ2v) is 4.85. The van der Waals surface area contributed by atoms with Gasteiger partial charge in [-0.3, -0.25) is 4.79 Å². The normalized spacial score (nSPS) is 12.6. The number of carbonyl (C=O) groups is 1. The maximum absolute atomic E-state index is 11.4. The molecule has 3 nitrogen and oxygen atoms in total. The smallest absolute Gasteiger partial charge is 0.236 e. The van der Waals surface area contributed by atoms with Crippen LogP contribution in [-0.2, 0) is 11.3 Å². The van der Waals surface area contributed by atoms with E-state index in [1.807, 2.05) is 0 Å². The Labute approximate surface area is 103 Å². The Morgan fingerprint density at radius 3 is 2.53 bits per heavy atom. The number of aryl methyl sites for hydroxylation is 1. The molecule has 17 heavy (non-hydrogen) atoms. The summed E-state index contributed by atoms with van der Waals surface area (Å²) in [7, 11) is 0. The third-order valence-electron chi connectivity index (χ3n) is 2.91. The van der Waals surface area contributed by atoms with Crippen LogP contribution in [-0.4, -0.2) is 11.9 Å². The van der Waals surface area contributed by atoms with Crippen molar-refractivity contribution in [3.8, 4) is 0 Å². The Kier molecular flexibility index (Phi) is 4.70. The molecule has 1 amide bonds. The SMILES string of the molecule is Cc1ccc(C(C)C)cc1CNC(=O)C(C)N. The molecule has 0 aliphatic rings. The highest BCUT2D eigenvalue weighted by molar-refractivity contribution is 5.80. The monoisotopic (exact) mass is 234 g/mol. The van der Waals surface area contributed by atoms with E-state index in [4.69, 9.17) is 5.73 Å². The van der Waals surface area contributed by atoms with Crippen LogP contribution in [0.1, 0.15) is 43.4 Å². The summed E-state index contributed by atoms with van der Waals surface area (Å²) in [5.41, 5.74) is 9.15. The van der Waals surface area contributed by atoms with Crippen molar-refractivity contribution in [2.24, 2.45) is 5.73 Å². The molecule has 0 heterocycles. The number of amides is 1.